The minimum atomic E-state index is -3.71. The Hall–Kier alpha value is -1.67. The zero-order chi connectivity index (χ0) is 11.1. The standard InChI is InChI=1S/C7H8N4O3S/c1-8-15(13,14)7-6-5(11(12)10-7)3-2-4-9-6/h2-4,8,12H,1H3. The van der Waals surface area contributed by atoms with Gasteiger partial charge in [-0.25, -0.2) is 13.1 Å². The molecule has 0 saturated carbocycles. The molecule has 2 aromatic rings. The first-order valence-electron chi connectivity index (χ1n) is 4.03. The van der Waals surface area contributed by atoms with E-state index in [1.807, 2.05) is 0 Å². The summed E-state index contributed by atoms with van der Waals surface area (Å²) in [4.78, 5) is 4.35. The van der Waals surface area contributed by atoms with Gasteiger partial charge in [-0.15, -0.1) is 5.10 Å². The van der Waals surface area contributed by atoms with Crippen molar-refractivity contribution in [3.8, 4) is 0 Å². The molecular formula is C7H8N4O3S. The lowest BCUT2D eigenvalue weighted by Crippen LogP contribution is -2.19. The van der Waals surface area contributed by atoms with Gasteiger partial charge in [0.15, 0.2) is 0 Å². The number of rotatable bonds is 2. The average molecular weight is 228 g/mol. The molecule has 0 aliphatic heterocycles. The van der Waals surface area contributed by atoms with Gasteiger partial charge in [-0.05, 0) is 19.2 Å². The van der Waals surface area contributed by atoms with Gasteiger partial charge in [-0.3, -0.25) is 4.98 Å². The van der Waals surface area contributed by atoms with Gasteiger partial charge in [-0.2, -0.15) is 0 Å². The smallest absolute Gasteiger partial charge is 0.262 e. The number of pyridine rings is 1. The third kappa shape index (κ3) is 1.43. The maximum absolute atomic E-state index is 11.5. The molecule has 0 spiro atoms. The molecule has 0 bridgehead atoms. The van der Waals surface area contributed by atoms with E-state index in [0.717, 1.165) is 0 Å². The van der Waals surface area contributed by atoms with Crippen molar-refractivity contribution in [1.29, 1.82) is 0 Å². The maximum atomic E-state index is 11.5. The molecule has 0 saturated heterocycles. The van der Waals surface area contributed by atoms with E-state index in [1.54, 1.807) is 6.07 Å². The Morgan fingerprint density at radius 3 is 2.93 bits per heavy atom. The van der Waals surface area contributed by atoms with Gasteiger partial charge in [0, 0.05) is 6.20 Å². The summed E-state index contributed by atoms with van der Waals surface area (Å²) in [5, 5.41) is 12.5. The van der Waals surface area contributed by atoms with Crippen LogP contribution >= 0.6 is 0 Å². The summed E-state index contributed by atoms with van der Waals surface area (Å²) in [5.41, 5.74) is 0.376. The Kier molecular flexibility index (Phi) is 2.09. The number of hydrogen-bond donors (Lipinski definition) is 2. The fourth-order valence-corrected chi connectivity index (χ4v) is 1.98. The number of nitrogens with zero attached hydrogens (tertiary/aromatic N) is 3. The lowest BCUT2D eigenvalue weighted by molar-refractivity contribution is 0.157. The van der Waals surface area contributed by atoms with Crippen LogP contribution in [0.3, 0.4) is 0 Å². The molecule has 0 aliphatic carbocycles. The number of aromatic nitrogens is 3. The van der Waals surface area contributed by atoms with Crippen molar-refractivity contribution in [2.45, 2.75) is 5.03 Å². The molecule has 0 radical (unpaired) electrons. The topological polar surface area (TPSA) is 97.1 Å². The van der Waals surface area contributed by atoms with Crippen LogP contribution in [0.4, 0.5) is 0 Å². The van der Waals surface area contributed by atoms with Crippen molar-refractivity contribution in [3.05, 3.63) is 18.3 Å². The van der Waals surface area contributed by atoms with Crippen molar-refractivity contribution < 1.29 is 13.6 Å². The van der Waals surface area contributed by atoms with E-state index in [2.05, 4.69) is 14.8 Å². The highest BCUT2D eigenvalue weighted by molar-refractivity contribution is 7.89. The molecular weight excluding hydrogens is 220 g/mol. The summed E-state index contributed by atoms with van der Waals surface area (Å²) >= 11 is 0. The van der Waals surface area contributed by atoms with Crippen LogP contribution in [0.1, 0.15) is 0 Å². The Labute approximate surface area is 85.4 Å². The second-order valence-electron chi connectivity index (χ2n) is 2.77. The predicted octanol–water partition coefficient (Wildman–Crippen LogP) is -0.423. The summed E-state index contributed by atoms with van der Waals surface area (Å²) in [6, 6.07) is 3.09. The molecule has 2 aromatic heterocycles. The van der Waals surface area contributed by atoms with E-state index < -0.39 is 10.0 Å². The lowest BCUT2D eigenvalue weighted by Gasteiger charge is -1.95. The van der Waals surface area contributed by atoms with Crippen LogP contribution in [0.5, 0.6) is 0 Å². The molecule has 15 heavy (non-hydrogen) atoms. The summed E-state index contributed by atoms with van der Waals surface area (Å²) in [7, 11) is -2.44. The highest BCUT2D eigenvalue weighted by Crippen LogP contribution is 2.18. The van der Waals surface area contributed by atoms with Gasteiger partial charge in [-0.1, -0.05) is 4.85 Å². The molecule has 2 N–H and O–H groups in total. The second-order valence-corrected chi connectivity index (χ2v) is 4.58. The second kappa shape index (κ2) is 3.17. The zero-order valence-corrected chi connectivity index (χ0v) is 8.56. The summed E-state index contributed by atoms with van der Waals surface area (Å²) in [6.07, 6.45) is 1.43. The van der Waals surface area contributed by atoms with E-state index >= 15 is 0 Å². The van der Waals surface area contributed by atoms with Crippen molar-refractivity contribution in [2.24, 2.45) is 0 Å². The minimum absolute atomic E-state index is 0.134. The SMILES string of the molecule is CNS(=O)(=O)c1nn(O)c2cccnc12. The Balaban J connectivity index is 2.84. The first-order valence-corrected chi connectivity index (χ1v) is 5.51. The van der Waals surface area contributed by atoms with Crippen LogP contribution < -0.4 is 4.72 Å². The van der Waals surface area contributed by atoms with Gasteiger partial charge in [0.2, 0.25) is 5.03 Å². The third-order valence-electron chi connectivity index (χ3n) is 1.91. The normalized spacial score (nSPS) is 12.1. The van der Waals surface area contributed by atoms with Crippen LogP contribution in [0.15, 0.2) is 23.4 Å². The molecule has 0 amide bonds. The summed E-state index contributed by atoms with van der Waals surface area (Å²) < 4.78 is 25.1. The molecule has 0 fully saturated rings. The molecule has 0 unspecified atom stereocenters. The molecule has 80 valence electrons. The van der Waals surface area contributed by atoms with Crippen molar-refractivity contribution in [3.63, 3.8) is 0 Å². The van der Waals surface area contributed by atoms with Crippen molar-refractivity contribution in [1.82, 2.24) is 19.6 Å². The van der Waals surface area contributed by atoms with Gasteiger partial charge >= 0.3 is 0 Å². The highest BCUT2D eigenvalue weighted by Gasteiger charge is 2.22. The molecule has 0 aliphatic rings. The first-order chi connectivity index (χ1) is 7.06. The zero-order valence-electron chi connectivity index (χ0n) is 7.75. The third-order valence-corrected chi connectivity index (χ3v) is 3.23. The molecule has 0 aromatic carbocycles. The largest absolute Gasteiger partial charge is 0.411 e. The van der Waals surface area contributed by atoms with E-state index in [-0.39, 0.29) is 16.1 Å². The molecule has 2 rings (SSSR count). The number of hydrogen-bond acceptors (Lipinski definition) is 5. The van der Waals surface area contributed by atoms with Gasteiger partial charge in [0.05, 0.1) is 0 Å². The maximum Gasteiger partial charge on any atom is 0.262 e. The Bertz CT molecular complexity index is 604. The van der Waals surface area contributed by atoms with Crippen molar-refractivity contribution in [2.75, 3.05) is 7.05 Å². The van der Waals surface area contributed by atoms with Crippen LogP contribution in [0.25, 0.3) is 11.0 Å². The number of fused-ring (bicyclic) bond motifs is 1. The van der Waals surface area contributed by atoms with Crippen LogP contribution in [-0.4, -0.2) is 35.6 Å². The van der Waals surface area contributed by atoms with E-state index in [1.165, 1.54) is 19.3 Å². The van der Waals surface area contributed by atoms with E-state index in [4.69, 9.17) is 0 Å². The fraction of sp³-hybridized carbons (Fsp3) is 0.143. The van der Waals surface area contributed by atoms with Gasteiger partial charge in [0.1, 0.15) is 11.0 Å². The Morgan fingerprint density at radius 2 is 2.27 bits per heavy atom. The molecule has 8 heteroatoms. The molecule has 2 heterocycles. The first kappa shape index (κ1) is 9.87. The number of sulfonamides is 1. The lowest BCUT2D eigenvalue weighted by atomic mass is 10.4. The Morgan fingerprint density at radius 1 is 1.53 bits per heavy atom. The molecule has 7 nitrogen and oxygen atoms in total. The van der Waals surface area contributed by atoms with Gasteiger partial charge in [0.25, 0.3) is 10.0 Å². The fourth-order valence-electron chi connectivity index (χ4n) is 1.19. The van der Waals surface area contributed by atoms with Gasteiger partial charge < -0.3 is 5.21 Å². The summed E-state index contributed by atoms with van der Waals surface area (Å²) in [5.74, 6) is 0. The van der Waals surface area contributed by atoms with Crippen molar-refractivity contribution >= 4 is 21.1 Å². The van der Waals surface area contributed by atoms with E-state index in [9.17, 15) is 13.6 Å². The number of nitrogens with one attached hydrogen (secondary N) is 1. The summed E-state index contributed by atoms with van der Waals surface area (Å²) in [6.45, 7) is 0. The van der Waals surface area contributed by atoms with E-state index in [0.29, 0.717) is 4.85 Å². The highest BCUT2D eigenvalue weighted by atomic mass is 32.2. The monoisotopic (exact) mass is 228 g/mol. The quantitative estimate of drug-likeness (QED) is 0.680. The van der Waals surface area contributed by atoms with Crippen LogP contribution in [-0.2, 0) is 10.0 Å². The van der Waals surface area contributed by atoms with Crippen LogP contribution in [0.2, 0.25) is 0 Å². The minimum Gasteiger partial charge on any atom is -0.411 e. The molecule has 0 atom stereocenters. The van der Waals surface area contributed by atoms with Crippen LogP contribution in [0, 0.1) is 0 Å². The predicted molar refractivity (Wildman–Crippen MR) is 51.0 cm³/mol. The average Bonchev–Trinajstić information content (AvgIpc) is 2.58.